The third-order valence-corrected chi connectivity index (χ3v) is 3.48. The molecule has 114 valence electrons. The van der Waals surface area contributed by atoms with E-state index in [1.54, 1.807) is 0 Å². The molecular formula is C18H30O2. The average Bonchev–Trinajstić information content (AvgIpc) is 2.26. The molecule has 0 saturated heterocycles. The van der Waals surface area contributed by atoms with E-state index in [0.717, 1.165) is 12.2 Å². The van der Waals surface area contributed by atoms with Crippen LogP contribution < -0.4 is 4.74 Å². The van der Waals surface area contributed by atoms with Crippen molar-refractivity contribution in [2.45, 2.75) is 65.9 Å². The van der Waals surface area contributed by atoms with Gasteiger partial charge in [-0.25, -0.2) is 0 Å². The van der Waals surface area contributed by atoms with Crippen molar-refractivity contribution in [2.24, 2.45) is 5.41 Å². The van der Waals surface area contributed by atoms with Crippen molar-refractivity contribution in [1.29, 1.82) is 0 Å². The summed E-state index contributed by atoms with van der Waals surface area (Å²) in [5, 5.41) is 8.89. The van der Waals surface area contributed by atoms with E-state index in [2.05, 4.69) is 46.8 Å². The topological polar surface area (TPSA) is 29.5 Å². The molecule has 1 aromatic rings. The maximum atomic E-state index is 8.89. The Hall–Kier alpha value is -1.02. The Morgan fingerprint density at radius 1 is 1.05 bits per heavy atom. The summed E-state index contributed by atoms with van der Waals surface area (Å²) in [5.74, 6) is 0.876. The fourth-order valence-corrected chi connectivity index (χ4v) is 2.89. The average molecular weight is 278 g/mol. The van der Waals surface area contributed by atoms with E-state index in [1.165, 1.54) is 5.56 Å². The van der Waals surface area contributed by atoms with Gasteiger partial charge in [0, 0.05) is 13.0 Å². The van der Waals surface area contributed by atoms with Crippen LogP contribution in [0.3, 0.4) is 0 Å². The van der Waals surface area contributed by atoms with E-state index in [1.807, 2.05) is 19.1 Å². The highest BCUT2D eigenvalue weighted by Crippen LogP contribution is 2.36. The second-order valence-electron chi connectivity index (χ2n) is 7.59. The van der Waals surface area contributed by atoms with Crippen molar-refractivity contribution in [3.8, 4) is 5.75 Å². The highest BCUT2D eigenvalue weighted by atomic mass is 16.5. The number of rotatable bonds is 6. The maximum Gasteiger partial charge on any atom is 0.119 e. The molecule has 0 spiro atoms. The minimum atomic E-state index is 0.0495. The van der Waals surface area contributed by atoms with Crippen LogP contribution in [0.5, 0.6) is 5.75 Å². The molecule has 1 atom stereocenters. The Balaban J connectivity index is 2.75. The summed E-state index contributed by atoms with van der Waals surface area (Å²) in [6, 6.07) is 8.39. The summed E-state index contributed by atoms with van der Waals surface area (Å²) >= 11 is 0. The fourth-order valence-electron chi connectivity index (χ4n) is 2.89. The first kappa shape index (κ1) is 17.0. The van der Waals surface area contributed by atoms with E-state index >= 15 is 0 Å². The number of aliphatic hydroxyl groups is 1. The van der Waals surface area contributed by atoms with Crippen LogP contribution >= 0.6 is 0 Å². The number of benzene rings is 1. The zero-order valence-electron chi connectivity index (χ0n) is 13.9. The van der Waals surface area contributed by atoms with Crippen molar-refractivity contribution in [3.05, 3.63) is 29.8 Å². The van der Waals surface area contributed by atoms with Gasteiger partial charge in [-0.3, -0.25) is 0 Å². The quantitative estimate of drug-likeness (QED) is 0.827. The highest BCUT2D eigenvalue weighted by molar-refractivity contribution is 5.31. The smallest absolute Gasteiger partial charge is 0.119 e. The number of ether oxygens (including phenoxy) is 1. The SMILES string of the molecule is CC(CCO)Oc1ccc(C(C)(C)CC(C)(C)C)cc1. The van der Waals surface area contributed by atoms with Crippen molar-refractivity contribution >= 4 is 0 Å². The Labute approximate surface area is 124 Å². The molecule has 0 aliphatic rings. The predicted molar refractivity (Wildman–Crippen MR) is 85.3 cm³/mol. The lowest BCUT2D eigenvalue weighted by atomic mass is 9.72. The third kappa shape index (κ3) is 5.54. The second-order valence-corrected chi connectivity index (χ2v) is 7.59. The number of aliphatic hydroxyl groups excluding tert-OH is 1. The summed E-state index contributed by atoms with van der Waals surface area (Å²) in [6.45, 7) is 13.6. The van der Waals surface area contributed by atoms with Gasteiger partial charge < -0.3 is 9.84 Å². The predicted octanol–water partition coefficient (Wildman–Crippen LogP) is 4.55. The number of hydrogen-bond donors (Lipinski definition) is 1. The Kier molecular flexibility index (Phi) is 5.64. The highest BCUT2D eigenvalue weighted by Gasteiger charge is 2.27. The van der Waals surface area contributed by atoms with E-state index in [4.69, 9.17) is 9.84 Å². The van der Waals surface area contributed by atoms with Gasteiger partial charge in [0.1, 0.15) is 5.75 Å². The van der Waals surface area contributed by atoms with Crippen LogP contribution in [-0.4, -0.2) is 17.8 Å². The first-order chi connectivity index (χ1) is 9.14. The van der Waals surface area contributed by atoms with E-state index in [-0.39, 0.29) is 18.1 Å². The van der Waals surface area contributed by atoms with Gasteiger partial charge in [-0.1, -0.05) is 46.8 Å². The van der Waals surface area contributed by atoms with E-state index < -0.39 is 0 Å². The molecule has 0 radical (unpaired) electrons. The minimum absolute atomic E-state index is 0.0495. The van der Waals surface area contributed by atoms with Gasteiger partial charge >= 0.3 is 0 Å². The van der Waals surface area contributed by atoms with Gasteiger partial charge in [0.25, 0.3) is 0 Å². The molecule has 0 amide bonds. The minimum Gasteiger partial charge on any atom is -0.491 e. The molecule has 20 heavy (non-hydrogen) atoms. The zero-order chi connectivity index (χ0) is 15.4. The summed E-state index contributed by atoms with van der Waals surface area (Å²) in [6.07, 6.45) is 1.85. The summed E-state index contributed by atoms with van der Waals surface area (Å²) in [4.78, 5) is 0. The third-order valence-electron chi connectivity index (χ3n) is 3.48. The van der Waals surface area contributed by atoms with E-state index in [9.17, 15) is 0 Å². The summed E-state index contributed by atoms with van der Waals surface area (Å²) in [7, 11) is 0. The molecule has 1 rings (SSSR count). The summed E-state index contributed by atoms with van der Waals surface area (Å²) in [5.41, 5.74) is 1.82. The van der Waals surface area contributed by atoms with Crippen molar-refractivity contribution in [3.63, 3.8) is 0 Å². The summed E-state index contributed by atoms with van der Waals surface area (Å²) < 4.78 is 5.76. The molecule has 0 heterocycles. The van der Waals surface area contributed by atoms with Gasteiger partial charge in [-0.15, -0.1) is 0 Å². The molecule has 0 saturated carbocycles. The molecule has 0 fully saturated rings. The van der Waals surface area contributed by atoms with Crippen LogP contribution in [0.15, 0.2) is 24.3 Å². The van der Waals surface area contributed by atoms with Crippen molar-refractivity contribution in [2.75, 3.05) is 6.61 Å². The largest absolute Gasteiger partial charge is 0.491 e. The molecule has 0 bridgehead atoms. The van der Waals surface area contributed by atoms with Gasteiger partial charge in [0.2, 0.25) is 0 Å². The first-order valence-electron chi connectivity index (χ1n) is 7.52. The fraction of sp³-hybridized carbons (Fsp3) is 0.667. The lowest BCUT2D eigenvalue weighted by Gasteiger charge is -2.33. The van der Waals surface area contributed by atoms with Gasteiger partial charge in [0.15, 0.2) is 0 Å². The van der Waals surface area contributed by atoms with Crippen LogP contribution in [0.4, 0.5) is 0 Å². The maximum absolute atomic E-state index is 8.89. The molecule has 1 N–H and O–H groups in total. The molecule has 2 heteroatoms. The molecule has 0 aliphatic carbocycles. The van der Waals surface area contributed by atoms with Crippen LogP contribution in [0.1, 0.15) is 59.9 Å². The molecular weight excluding hydrogens is 248 g/mol. The Morgan fingerprint density at radius 2 is 1.60 bits per heavy atom. The number of hydrogen-bond acceptors (Lipinski definition) is 2. The molecule has 1 aromatic carbocycles. The second kappa shape index (κ2) is 6.62. The van der Waals surface area contributed by atoms with E-state index in [0.29, 0.717) is 11.8 Å². The van der Waals surface area contributed by atoms with Crippen molar-refractivity contribution in [1.82, 2.24) is 0 Å². The van der Waals surface area contributed by atoms with Crippen molar-refractivity contribution < 1.29 is 9.84 Å². The van der Waals surface area contributed by atoms with Crippen LogP contribution in [-0.2, 0) is 5.41 Å². The molecule has 0 aliphatic heterocycles. The van der Waals surface area contributed by atoms with Gasteiger partial charge in [-0.05, 0) is 41.9 Å². The van der Waals surface area contributed by atoms with Crippen LogP contribution in [0.2, 0.25) is 0 Å². The monoisotopic (exact) mass is 278 g/mol. The first-order valence-corrected chi connectivity index (χ1v) is 7.52. The van der Waals surface area contributed by atoms with Crippen LogP contribution in [0, 0.1) is 5.41 Å². The molecule has 2 nitrogen and oxygen atoms in total. The Bertz CT molecular complexity index is 398. The molecule has 0 aromatic heterocycles. The Morgan fingerprint density at radius 3 is 2.05 bits per heavy atom. The lowest BCUT2D eigenvalue weighted by Crippen LogP contribution is -2.24. The molecule has 1 unspecified atom stereocenters. The normalized spacial score (nSPS) is 14.2. The lowest BCUT2D eigenvalue weighted by molar-refractivity contribution is 0.168. The van der Waals surface area contributed by atoms with Crippen LogP contribution in [0.25, 0.3) is 0 Å². The standard InChI is InChI=1S/C18H30O2/c1-14(11-12-19)20-16-9-7-15(8-10-16)18(5,6)13-17(2,3)4/h7-10,14,19H,11-13H2,1-6H3. The zero-order valence-corrected chi connectivity index (χ0v) is 13.9. The van der Waals surface area contributed by atoms with Gasteiger partial charge in [-0.2, -0.15) is 0 Å². The van der Waals surface area contributed by atoms with Gasteiger partial charge in [0.05, 0.1) is 6.10 Å².